The van der Waals surface area contributed by atoms with Gasteiger partial charge in [-0.25, -0.2) is 9.97 Å². The van der Waals surface area contributed by atoms with Crippen molar-refractivity contribution >= 4 is 11.6 Å². The number of hydrogen-bond acceptors (Lipinski definition) is 4. The molecule has 0 aromatic carbocycles. The Kier molecular flexibility index (Phi) is 4.63. The molecule has 19 heavy (non-hydrogen) atoms. The van der Waals surface area contributed by atoms with Crippen LogP contribution in [-0.2, 0) is 4.79 Å². The van der Waals surface area contributed by atoms with E-state index in [2.05, 4.69) is 27.5 Å². The third kappa shape index (κ3) is 3.89. The van der Waals surface area contributed by atoms with Crippen molar-refractivity contribution in [2.45, 2.75) is 13.3 Å². The van der Waals surface area contributed by atoms with Gasteiger partial charge in [0.1, 0.15) is 12.1 Å². The minimum Gasteiger partial charge on any atom is -0.324 e. The van der Waals surface area contributed by atoms with Crippen molar-refractivity contribution in [1.82, 2.24) is 19.9 Å². The number of pyridine rings is 1. The van der Waals surface area contributed by atoms with Crippen LogP contribution in [0.1, 0.15) is 13.3 Å². The molecule has 0 saturated carbocycles. The average molecular weight is 259 g/mol. The van der Waals surface area contributed by atoms with Crippen LogP contribution in [0.4, 0.5) is 5.69 Å². The van der Waals surface area contributed by atoms with E-state index in [1.54, 1.807) is 23.3 Å². The number of rotatable bonds is 6. The summed E-state index contributed by atoms with van der Waals surface area (Å²) in [5.74, 6) is 0.699. The molecular formula is C13H17N5O. The lowest BCUT2D eigenvalue weighted by Crippen LogP contribution is -2.28. The molecule has 6 nitrogen and oxygen atoms in total. The van der Waals surface area contributed by atoms with Gasteiger partial charge in [0.05, 0.1) is 18.4 Å². The van der Waals surface area contributed by atoms with Crippen molar-refractivity contribution in [3.8, 4) is 5.82 Å². The van der Waals surface area contributed by atoms with Crippen LogP contribution >= 0.6 is 0 Å². The fourth-order valence-electron chi connectivity index (χ4n) is 1.59. The van der Waals surface area contributed by atoms with E-state index in [0.717, 1.165) is 18.8 Å². The number of nitrogens with zero attached hydrogens (tertiary/aromatic N) is 3. The number of imidazole rings is 1. The van der Waals surface area contributed by atoms with Crippen molar-refractivity contribution in [2.75, 3.05) is 18.4 Å². The lowest BCUT2D eigenvalue weighted by molar-refractivity contribution is -0.115. The van der Waals surface area contributed by atoms with E-state index >= 15 is 0 Å². The molecule has 2 heterocycles. The average Bonchev–Trinajstić information content (AvgIpc) is 2.94. The molecule has 0 aliphatic rings. The Morgan fingerprint density at radius 2 is 2.32 bits per heavy atom. The Hall–Kier alpha value is -2.21. The molecule has 2 rings (SSSR count). The monoisotopic (exact) mass is 259 g/mol. The summed E-state index contributed by atoms with van der Waals surface area (Å²) in [5.41, 5.74) is 0.687. The Morgan fingerprint density at radius 1 is 1.42 bits per heavy atom. The third-order valence-corrected chi connectivity index (χ3v) is 2.51. The molecule has 0 unspecified atom stereocenters. The van der Waals surface area contributed by atoms with Crippen molar-refractivity contribution in [3.05, 3.63) is 37.1 Å². The molecule has 1 amide bonds. The van der Waals surface area contributed by atoms with Crippen LogP contribution in [0.25, 0.3) is 5.82 Å². The molecule has 2 N–H and O–H groups in total. The first-order valence-corrected chi connectivity index (χ1v) is 6.24. The highest BCUT2D eigenvalue weighted by Gasteiger charge is 2.02. The predicted molar refractivity (Wildman–Crippen MR) is 73.1 cm³/mol. The lowest BCUT2D eigenvalue weighted by Gasteiger charge is -2.06. The molecule has 0 bridgehead atoms. The molecule has 0 aliphatic heterocycles. The van der Waals surface area contributed by atoms with Crippen LogP contribution < -0.4 is 10.6 Å². The Bertz CT molecular complexity index is 506. The van der Waals surface area contributed by atoms with E-state index < -0.39 is 0 Å². The molecule has 0 radical (unpaired) electrons. The maximum atomic E-state index is 11.6. The molecule has 2 aromatic heterocycles. The second kappa shape index (κ2) is 6.65. The highest BCUT2D eigenvalue weighted by molar-refractivity contribution is 5.92. The zero-order valence-electron chi connectivity index (χ0n) is 10.8. The van der Waals surface area contributed by atoms with Gasteiger partial charge in [-0.05, 0) is 25.1 Å². The van der Waals surface area contributed by atoms with Gasteiger partial charge in [0.2, 0.25) is 5.91 Å². The number of anilines is 1. The fraction of sp³-hybridized carbons (Fsp3) is 0.308. The largest absolute Gasteiger partial charge is 0.324 e. The molecular weight excluding hydrogens is 242 g/mol. The fourth-order valence-corrected chi connectivity index (χ4v) is 1.59. The zero-order valence-corrected chi connectivity index (χ0v) is 10.8. The second-order valence-electron chi connectivity index (χ2n) is 4.10. The first kappa shape index (κ1) is 13.2. The van der Waals surface area contributed by atoms with Gasteiger partial charge in [-0.3, -0.25) is 9.36 Å². The van der Waals surface area contributed by atoms with Crippen molar-refractivity contribution in [3.63, 3.8) is 0 Å². The number of carbonyl (C=O) groups excluding carboxylic acids is 1. The molecule has 0 atom stereocenters. The van der Waals surface area contributed by atoms with Crippen LogP contribution in [0.2, 0.25) is 0 Å². The molecule has 6 heteroatoms. The van der Waals surface area contributed by atoms with Crippen LogP contribution in [0.3, 0.4) is 0 Å². The van der Waals surface area contributed by atoms with Gasteiger partial charge in [-0.15, -0.1) is 0 Å². The van der Waals surface area contributed by atoms with Crippen molar-refractivity contribution in [2.24, 2.45) is 0 Å². The summed E-state index contributed by atoms with van der Waals surface area (Å²) >= 11 is 0. The summed E-state index contributed by atoms with van der Waals surface area (Å²) in [7, 11) is 0. The topological polar surface area (TPSA) is 71.8 Å². The second-order valence-corrected chi connectivity index (χ2v) is 4.10. The summed E-state index contributed by atoms with van der Waals surface area (Å²) in [6.45, 7) is 3.21. The van der Waals surface area contributed by atoms with Gasteiger partial charge in [0.25, 0.3) is 0 Å². The van der Waals surface area contributed by atoms with E-state index in [0.29, 0.717) is 12.2 Å². The van der Waals surface area contributed by atoms with Crippen molar-refractivity contribution < 1.29 is 4.79 Å². The Balaban J connectivity index is 1.90. The van der Waals surface area contributed by atoms with Gasteiger partial charge in [0.15, 0.2) is 0 Å². The van der Waals surface area contributed by atoms with Gasteiger partial charge < -0.3 is 10.6 Å². The lowest BCUT2D eigenvalue weighted by atomic mass is 10.4. The summed E-state index contributed by atoms with van der Waals surface area (Å²) < 4.78 is 1.80. The predicted octanol–water partition coefficient (Wildman–Crippen LogP) is 1.21. The first-order valence-electron chi connectivity index (χ1n) is 6.24. The normalized spacial score (nSPS) is 10.4. The molecule has 100 valence electrons. The summed E-state index contributed by atoms with van der Waals surface area (Å²) in [6, 6.07) is 3.65. The van der Waals surface area contributed by atoms with E-state index in [-0.39, 0.29) is 5.91 Å². The standard InChI is InChI=1S/C13H17N5O/c1-2-5-14-9-13(19)17-11-3-4-12(16-8-11)18-7-6-15-10-18/h3-4,6-8,10,14H,2,5,9H2,1H3,(H,17,19). The highest BCUT2D eigenvalue weighted by atomic mass is 16.1. The van der Waals surface area contributed by atoms with E-state index in [4.69, 9.17) is 0 Å². The summed E-state index contributed by atoms with van der Waals surface area (Å²) in [5, 5.41) is 5.83. The number of nitrogens with one attached hydrogen (secondary N) is 2. The number of aromatic nitrogens is 3. The Morgan fingerprint density at radius 3 is 2.95 bits per heavy atom. The molecule has 0 aliphatic carbocycles. The maximum Gasteiger partial charge on any atom is 0.238 e. The van der Waals surface area contributed by atoms with Gasteiger partial charge in [0, 0.05) is 12.4 Å². The molecule has 2 aromatic rings. The van der Waals surface area contributed by atoms with Gasteiger partial charge in [-0.1, -0.05) is 6.92 Å². The van der Waals surface area contributed by atoms with Crippen LogP contribution in [0.15, 0.2) is 37.1 Å². The minimum atomic E-state index is -0.0642. The molecule has 0 spiro atoms. The van der Waals surface area contributed by atoms with E-state index in [9.17, 15) is 4.79 Å². The quantitative estimate of drug-likeness (QED) is 0.765. The highest BCUT2D eigenvalue weighted by Crippen LogP contribution is 2.09. The Labute approximate surface area is 111 Å². The number of amides is 1. The van der Waals surface area contributed by atoms with Crippen LogP contribution in [0.5, 0.6) is 0 Å². The van der Waals surface area contributed by atoms with E-state index in [1.165, 1.54) is 0 Å². The van der Waals surface area contributed by atoms with Gasteiger partial charge in [-0.2, -0.15) is 0 Å². The smallest absolute Gasteiger partial charge is 0.238 e. The van der Waals surface area contributed by atoms with E-state index in [1.807, 2.05) is 18.3 Å². The number of hydrogen-bond donors (Lipinski definition) is 2. The van der Waals surface area contributed by atoms with Crippen LogP contribution in [0, 0.1) is 0 Å². The van der Waals surface area contributed by atoms with Gasteiger partial charge >= 0.3 is 0 Å². The molecule has 0 fully saturated rings. The zero-order chi connectivity index (χ0) is 13.5. The molecule has 0 saturated heterocycles. The number of carbonyl (C=O) groups is 1. The SMILES string of the molecule is CCCNCC(=O)Nc1ccc(-n2ccnc2)nc1. The minimum absolute atomic E-state index is 0.0642. The summed E-state index contributed by atoms with van der Waals surface area (Å²) in [6.07, 6.45) is 7.82. The van der Waals surface area contributed by atoms with Crippen molar-refractivity contribution in [1.29, 1.82) is 0 Å². The first-order chi connectivity index (χ1) is 9.29. The summed E-state index contributed by atoms with van der Waals surface area (Å²) in [4.78, 5) is 19.8. The van der Waals surface area contributed by atoms with Crippen LogP contribution in [-0.4, -0.2) is 33.5 Å². The third-order valence-electron chi connectivity index (χ3n) is 2.51. The maximum absolute atomic E-state index is 11.6.